The Hall–Kier alpha value is -1.06. The van der Waals surface area contributed by atoms with Crippen LogP contribution in [0.25, 0.3) is 0 Å². The average Bonchev–Trinajstić information content (AvgIpc) is 2.83. The zero-order valence-electron chi connectivity index (χ0n) is 9.95. The van der Waals surface area contributed by atoms with E-state index in [0.29, 0.717) is 12.5 Å². The van der Waals surface area contributed by atoms with Gasteiger partial charge in [0.25, 0.3) is 0 Å². The van der Waals surface area contributed by atoms with Gasteiger partial charge >= 0.3 is 0 Å². The van der Waals surface area contributed by atoms with Gasteiger partial charge in [-0.05, 0) is 42.1 Å². The van der Waals surface area contributed by atoms with Crippen molar-refractivity contribution in [3.63, 3.8) is 0 Å². The number of nitrogens with one attached hydrogen (secondary N) is 1. The molecule has 1 N–H and O–H groups in total. The molecule has 1 atom stereocenters. The van der Waals surface area contributed by atoms with Crippen molar-refractivity contribution in [2.45, 2.75) is 18.9 Å². The molecule has 1 heterocycles. The predicted molar refractivity (Wildman–Crippen MR) is 63.9 cm³/mol. The van der Waals surface area contributed by atoms with E-state index in [-0.39, 0.29) is 0 Å². The fourth-order valence-electron chi connectivity index (χ4n) is 2.29. The molecule has 0 aromatic heterocycles. The van der Waals surface area contributed by atoms with E-state index in [2.05, 4.69) is 17.4 Å². The Morgan fingerprint density at radius 3 is 2.88 bits per heavy atom. The zero-order chi connectivity index (χ0) is 11.4. The molecule has 0 bridgehead atoms. The molecule has 1 saturated heterocycles. The van der Waals surface area contributed by atoms with Gasteiger partial charge in [0, 0.05) is 13.7 Å². The molecule has 88 valence electrons. The second kappa shape index (κ2) is 5.32. The summed E-state index contributed by atoms with van der Waals surface area (Å²) in [6.07, 6.45) is 1.20. The highest BCUT2D eigenvalue weighted by atomic mass is 16.5. The van der Waals surface area contributed by atoms with E-state index in [4.69, 9.17) is 9.47 Å². The van der Waals surface area contributed by atoms with Crippen LogP contribution in [0, 0.1) is 0 Å². The van der Waals surface area contributed by atoms with Crippen molar-refractivity contribution in [1.29, 1.82) is 0 Å². The highest BCUT2D eigenvalue weighted by Gasteiger charge is 2.19. The summed E-state index contributed by atoms with van der Waals surface area (Å²) in [6, 6.07) is 6.25. The van der Waals surface area contributed by atoms with E-state index in [1.807, 2.05) is 6.07 Å². The molecule has 0 spiro atoms. The standard InChI is InChI=1S/C13H19NO2/c1-15-9-11-3-4-12(16-2)7-13(11)10-5-6-14-8-10/h3-4,7,10,14H,5-6,8-9H2,1-2H3. The summed E-state index contributed by atoms with van der Waals surface area (Å²) in [5.74, 6) is 1.53. The lowest BCUT2D eigenvalue weighted by atomic mass is 9.93. The van der Waals surface area contributed by atoms with Crippen LogP contribution in [0.15, 0.2) is 18.2 Å². The Kier molecular flexibility index (Phi) is 3.80. The van der Waals surface area contributed by atoms with Crippen molar-refractivity contribution in [3.05, 3.63) is 29.3 Å². The second-order valence-electron chi connectivity index (χ2n) is 4.19. The monoisotopic (exact) mass is 221 g/mol. The molecule has 1 aliphatic rings. The topological polar surface area (TPSA) is 30.5 Å². The van der Waals surface area contributed by atoms with Crippen molar-refractivity contribution < 1.29 is 9.47 Å². The van der Waals surface area contributed by atoms with Gasteiger partial charge in [-0.2, -0.15) is 0 Å². The maximum absolute atomic E-state index is 5.29. The first kappa shape index (κ1) is 11.4. The van der Waals surface area contributed by atoms with Crippen molar-refractivity contribution in [3.8, 4) is 5.75 Å². The van der Waals surface area contributed by atoms with Crippen molar-refractivity contribution >= 4 is 0 Å². The van der Waals surface area contributed by atoms with E-state index in [9.17, 15) is 0 Å². The molecule has 0 amide bonds. The quantitative estimate of drug-likeness (QED) is 0.842. The molecule has 0 aliphatic carbocycles. The lowest BCUT2D eigenvalue weighted by Gasteiger charge is -2.15. The summed E-state index contributed by atoms with van der Waals surface area (Å²) in [4.78, 5) is 0. The lowest BCUT2D eigenvalue weighted by molar-refractivity contribution is 0.183. The van der Waals surface area contributed by atoms with Crippen molar-refractivity contribution in [2.75, 3.05) is 27.3 Å². The minimum absolute atomic E-state index is 0.597. The Morgan fingerprint density at radius 2 is 2.25 bits per heavy atom. The maximum atomic E-state index is 5.29. The minimum atomic E-state index is 0.597. The molecule has 0 radical (unpaired) electrons. The summed E-state index contributed by atoms with van der Waals surface area (Å²) in [5, 5.41) is 3.40. The Bertz CT molecular complexity index is 346. The highest BCUT2D eigenvalue weighted by Crippen LogP contribution is 2.29. The molecule has 1 aliphatic heterocycles. The van der Waals surface area contributed by atoms with E-state index >= 15 is 0 Å². The first-order valence-electron chi connectivity index (χ1n) is 5.71. The fourth-order valence-corrected chi connectivity index (χ4v) is 2.29. The number of hydrogen-bond acceptors (Lipinski definition) is 3. The number of methoxy groups -OCH3 is 2. The van der Waals surface area contributed by atoms with E-state index in [1.165, 1.54) is 17.5 Å². The van der Waals surface area contributed by atoms with Gasteiger partial charge in [0.05, 0.1) is 13.7 Å². The lowest BCUT2D eigenvalue weighted by Crippen LogP contribution is -2.09. The molecule has 1 fully saturated rings. The summed E-state index contributed by atoms with van der Waals surface area (Å²) >= 11 is 0. The van der Waals surface area contributed by atoms with Crippen molar-refractivity contribution in [1.82, 2.24) is 5.32 Å². The smallest absolute Gasteiger partial charge is 0.119 e. The predicted octanol–water partition coefficient (Wildman–Crippen LogP) is 1.92. The normalized spacial score (nSPS) is 20.0. The molecule has 2 rings (SSSR count). The Morgan fingerprint density at radius 1 is 1.38 bits per heavy atom. The van der Waals surface area contributed by atoms with Gasteiger partial charge in [0.15, 0.2) is 0 Å². The molecular weight excluding hydrogens is 202 g/mol. The van der Waals surface area contributed by atoms with Gasteiger partial charge in [-0.3, -0.25) is 0 Å². The van der Waals surface area contributed by atoms with Gasteiger partial charge in [-0.1, -0.05) is 6.07 Å². The van der Waals surface area contributed by atoms with Crippen LogP contribution < -0.4 is 10.1 Å². The van der Waals surface area contributed by atoms with Crippen LogP contribution in [0.4, 0.5) is 0 Å². The first-order chi connectivity index (χ1) is 7.85. The number of ether oxygens (including phenoxy) is 2. The number of rotatable bonds is 4. The summed E-state index contributed by atoms with van der Waals surface area (Å²) in [6.45, 7) is 2.84. The van der Waals surface area contributed by atoms with Gasteiger partial charge in [-0.15, -0.1) is 0 Å². The molecule has 0 saturated carbocycles. The molecule has 1 aromatic rings. The van der Waals surface area contributed by atoms with Crippen LogP contribution in [0.1, 0.15) is 23.5 Å². The SMILES string of the molecule is COCc1ccc(OC)cc1C1CCNC1. The summed E-state index contributed by atoms with van der Waals surface area (Å²) in [7, 11) is 3.45. The number of benzene rings is 1. The van der Waals surface area contributed by atoms with E-state index < -0.39 is 0 Å². The molecule has 3 nitrogen and oxygen atoms in total. The summed E-state index contributed by atoms with van der Waals surface area (Å²) < 4.78 is 10.5. The van der Waals surface area contributed by atoms with E-state index in [1.54, 1.807) is 14.2 Å². The van der Waals surface area contributed by atoms with Gasteiger partial charge in [0.2, 0.25) is 0 Å². The van der Waals surface area contributed by atoms with Gasteiger partial charge in [0.1, 0.15) is 5.75 Å². The third-order valence-corrected chi connectivity index (χ3v) is 3.15. The van der Waals surface area contributed by atoms with Gasteiger partial charge in [-0.25, -0.2) is 0 Å². The van der Waals surface area contributed by atoms with Crippen LogP contribution in [0.3, 0.4) is 0 Å². The zero-order valence-corrected chi connectivity index (χ0v) is 9.95. The van der Waals surface area contributed by atoms with Crippen LogP contribution in [0.5, 0.6) is 5.75 Å². The van der Waals surface area contributed by atoms with Crippen LogP contribution >= 0.6 is 0 Å². The average molecular weight is 221 g/mol. The molecular formula is C13H19NO2. The third-order valence-electron chi connectivity index (χ3n) is 3.15. The van der Waals surface area contributed by atoms with Crippen molar-refractivity contribution in [2.24, 2.45) is 0 Å². The fraction of sp³-hybridized carbons (Fsp3) is 0.538. The highest BCUT2D eigenvalue weighted by molar-refractivity contribution is 5.38. The maximum Gasteiger partial charge on any atom is 0.119 e. The minimum Gasteiger partial charge on any atom is -0.497 e. The van der Waals surface area contributed by atoms with Crippen LogP contribution in [-0.4, -0.2) is 27.3 Å². The molecule has 1 unspecified atom stereocenters. The van der Waals surface area contributed by atoms with Crippen LogP contribution in [-0.2, 0) is 11.3 Å². The van der Waals surface area contributed by atoms with Crippen LogP contribution in [0.2, 0.25) is 0 Å². The summed E-state index contributed by atoms with van der Waals surface area (Å²) in [5.41, 5.74) is 2.64. The second-order valence-corrected chi connectivity index (χ2v) is 4.19. The Labute approximate surface area is 96.8 Å². The first-order valence-corrected chi connectivity index (χ1v) is 5.71. The molecule has 3 heteroatoms. The molecule has 16 heavy (non-hydrogen) atoms. The Balaban J connectivity index is 2.29. The molecule has 1 aromatic carbocycles. The largest absolute Gasteiger partial charge is 0.497 e. The van der Waals surface area contributed by atoms with Gasteiger partial charge < -0.3 is 14.8 Å². The third kappa shape index (κ3) is 2.36. The van der Waals surface area contributed by atoms with E-state index in [0.717, 1.165) is 18.8 Å². The number of hydrogen-bond donors (Lipinski definition) is 1.